The van der Waals surface area contributed by atoms with Crippen molar-refractivity contribution in [3.05, 3.63) is 35.4 Å². The lowest BCUT2D eigenvalue weighted by atomic mass is 10.0. The van der Waals surface area contributed by atoms with Gasteiger partial charge < -0.3 is 9.47 Å². The highest BCUT2D eigenvalue weighted by atomic mass is 16.6. The van der Waals surface area contributed by atoms with Gasteiger partial charge >= 0.3 is 5.97 Å². The van der Waals surface area contributed by atoms with E-state index in [1.165, 1.54) is 25.7 Å². The van der Waals surface area contributed by atoms with Crippen molar-refractivity contribution < 1.29 is 14.3 Å². The quantitative estimate of drug-likeness (QED) is 0.393. The summed E-state index contributed by atoms with van der Waals surface area (Å²) >= 11 is 0. The second-order valence-electron chi connectivity index (χ2n) is 6.09. The maximum atomic E-state index is 12.5. The molecule has 1 unspecified atom stereocenters. The van der Waals surface area contributed by atoms with E-state index in [1.807, 2.05) is 24.3 Å². The normalized spacial score (nSPS) is 12.1. The van der Waals surface area contributed by atoms with Crippen LogP contribution in [0.2, 0.25) is 0 Å². The fraction of sp³-hybridized carbons (Fsp3) is 0.650. The summed E-state index contributed by atoms with van der Waals surface area (Å²) in [6.07, 6.45) is 8.69. The van der Waals surface area contributed by atoms with Crippen LogP contribution in [0.1, 0.15) is 74.7 Å². The largest absolute Gasteiger partial charge is 0.456 e. The minimum Gasteiger partial charge on any atom is -0.456 e. The Morgan fingerprint density at radius 3 is 2.48 bits per heavy atom. The summed E-state index contributed by atoms with van der Waals surface area (Å²) in [6, 6.07) is 7.74. The maximum absolute atomic E-state index is 12.5. The molecule has 0 radical (unpaired) electrons. The van der Waals surface area contributed by atoms with Gasteiger partial charge in [-0.1, -0.05) is 64.2 Å². The minimum absolute atomic E-state index is 0.149. The highest BCUT2D eigenvalue weighted by molar-refractivity contribution is 5.91. The van der Waals surface area contributed by atoms with E-state index in [4.69, 9.17) is 9.47 Å². The van der Waals surface area contributed by atoms with Crippen LogP contribution in [0.25, 0.3) is 0 Å². The van der Waals surface area contributed by atoms with Gasteiger partial charge in [0.2, 0.25) is 0 Å². The standard InChI is InChI=1S/C20H32O3/c1-4-6-7-8-9-14-18(16-22-3)23-20(21)19-15-11-10-13-17(19)12-5-2/h10-11,13,15,18H,4-9,12,14,16H2,1-3H3. The lowest BCUT2D eigenvalue weighted by molar-refractivity contribution is 0.00227. The molecule has 0 saturated carbocycles. The van der Waals surface area contributed by atoms with E-state index in [-0.39, 0.29) is 12.1 Å². The van der Waals surface area contributed by atoms with Gasteiger partial charge in [-0.15, -0.1) is 0 Å². The molecule has 0 aliphatic rings. The molecule has 0 aromatic heterocycles. The van der Waals surface area contributed by atoms with Gasteiger partial charge in [0, 0.05) is 7.11 Å². The van der Waals surface area contributed by atoms with Gasteiger partial charge in [-0.2, -0.15) is 0 Å². The van der Waals surface area contributed by atoms with Crippen LogP contribution >= 0.6 is 0 Å². The molecule has 0 fully saturated rings. The number of aryl methyl sites for hydroxylation is 1. The zero-order valence-electron chi connectivity index (χ0n) is 15.0. The van der Waals surface area contributed by atoms with Crippen LogP contribution in [-0.2, 0) is 15.9 Å². The number of esters is 1. The molecule has 0 aliphatic heterocycles. The maximum Gasteiger partial charge on any atom is 0.338 e. The van der Waals surface area contributed by atoms with Crippen LogP contribution in [0.15, 0.2) is 24.3 Å². The first kappa shape index (κ1) is 19.7. The number of ether oxygens (including phenoxy) is 2. The molecule has 0 bridgehead atoms. The molecule has 1 aromatic carbocycles. The summed E-state index contributed by atoms with van der Waals surface area (Å²) in [6.45, 7) is 4.80. The number of rotatable bonds is 12. The first-order valence-electron chi connectivity index (χ1n) is 9.00. The lowest BCUT2D eigenvalue weighted by Gasteiger charge is -2.18. The summed E-state index contributed by atoms with van der Waals surface area (Å²) in [5, 5.41) is 0. The Labute approximate surface area is 141 Å². The van der Waals surface area contributed by atoms with E-state index in [9.17, 15) is 4.79 Å². The number of methoxy groups -OCH3 is 1. The number of benzene rings is 1. The summed E-state index contributed by atoms with van der Waals surface area (Å²) in [5.74, 6) is -0.218. The zero-order chi connectivity index (χ0) is 16.9. The molecule has 0 N–H and O–H groups in total. The van der Waals surface area contributed by atoms with E-state index in [1.54, 1.807) is 7.11 Å². The second kappa shape index (κ2) is 12.1. The molecule has 0 spiro atoms. The summed E-state index contributed by atoms with van der Waals surface area (Å²) < 4.78 is 10.9. The Kier molecular flexibility index (Phi) is 10.4. The molecular weight excluding hydrogens is 288 g/mol. The molecule has 0 aliphatic carbocycles. The van der Waals surface area contributed by atoms with Gasteiger partial charge in [0.1, 0.15) is 6.10 Å². The van der Waals surface area contributed by atoms with E-state index in [2.05, 4.69) is 13.8 Å². The average molecular weight is 320 g/mol. The van der Waals surface area contributed by atoms with E-state index in [0.29, 0.717) is 12.2 Å². The molecular formula is C20H32O3. The number of hydrogen-bond donors (Lipinski definition) is 0. The van der Waals surface area contributed by atoms with Gasteiger partial charge in [-0.05, 0) is 30.9 Å². The first-order chi connectivity index (χ1) is 11.2. The Bertz CT molecular complexity index is 442. The van der Waals surface area contributed by atoms with E-state index < -0.39 is 0 Å². The number of hydrogen-bond acceptors (Lipinski definition) is 3. The smallest absolute Gasteiger partial charge is 0.338 e. The van der Waals surface area contributed by atoms with Crippen molar-refractivity contribution in [2.45, 2.75) is 71.3 Å². The van der Waals surface area contributed by atoms with Gasteiger partial charge in [-0.3, -0.25) is 0 Å². The number of carbonyl (C=O) groups is 1. The van der Waals surface area contributed by atoms with Crippen LogP contribution in [0.5, 0.6) is 0 Å². The van der Waals surface area contributed by atoms with Crippen molar-refractivity contribution in [2.24, 2.45) is 0 Å². The monoisotopic (exact) mass is 320 g/mol. The summed E-state index contributed by atoms with van der Waals surface area (Å²) in [7, 11) is 1.66. The molecule has 0 heterocycles. The summed E-state index contributed by atoms with van der Waals surface area (Å²) in [4.78, 5) is 12.5. The third-order valence-corrected chi connectivity index (χ3v) is 4.01. The Balaban J connectivity index is 2.56. The molecule has 23 heavy (non-hydrogen) atoms. The van der Waals surface area contributed by atoms with Crippen LogP contribution in [-0.4, -0.2) is 25.8 Å². The van der Waals surface area contributed by atoms with Gasteiger partial charge in [0.05, 0.1) is 12.2 Å². The van der Waals surface area contributed by atoms with Crippen LogP contribution in [0, 0.1) is 0 Å². The average Bonchev–Trinajstić information content (AvgIpc) is 2.55. The lowest BCUT2D eigenvalue weighted by Crippen LogP contribution is -2.23. The van der Waals surface area contributed by atoms with Crippen molar-refractivity contribution >= 4 is 5.97 Å². The minimum atomic E-state index is -0.218. The van der Waals surface area contributed by atoms with Gasteiger partial charge in [0.15, 0.2) is 0 Å². The van der Waals surface area contributed by atoms with Crippen LogP contribution in [0.3, 0.4) is 0 Å². The molecule has 3 heteroatoms. The molecule has 1 atom stereocenters. The van der Waals surface area contributed by atoms with Gasteiger partial charge in [0.25, 0.3) is 0 Å². The van der Waals surface area contributed by atoms with E-state index >= 15 is 0 Å². The van der Waals surface area contributed by atoms with E-state index in [0.717, 1.165) is 31.2 Å². The second-order valence-corrected chi connectivity index (χ2v) is 6.09. The van der Waals surface area contributed by atoms with Crippen molar-refractivity contribution in [1.82, 2.24) is 0 Å². The SMILES string of the molecule is CCCCCCCC(COC)OC(=O)c1ccccc1CCC. The first-order valence-corrected chi connectivity index (χ1v) is 9.00. The third-order valence-electron chi connectivity index (χ3n) is 4.01. The Morgan fingerprint density at radius 2 is 1.78 bits per heavy atom. The molecule has 1 aromatic rings. The van der Waals surface area contributed by atoms with Crippen molar-refractivity contribution in [1.29, 1.82) is 0 Å². The molecule has 0 saturated heterocycles. The van der Waals surface area contributed by atoms with Crippen LogP contribution < -0.4 is 0 Å². The fourth-order valence-electron chi connectivity index (χ4n) is 2.76. The van der Waals surface area contributed by atoms with Gasteiger partial charge in [-0.25, -0.2) is 4.79 Å². The number of carbonyl (C=O) groups excluding carboxylic acids is 1. The molecule has 1 rings (SSSR count). The fourth-order valence-corrected chi connectivity index (χ4v) is 2.76. The third kappa shape index (κ3) is 7.65. The van der Waals surface area contributed by atoms with Crippen molar-refractivity contribution in [3.8, 4) is 0 Å². The Hall–Kier alpha value is -1.35. The topological polar surface area (TPSA) is 35.5 Å². The highest BCUT2D eigenvalue weighted by Crippen LogP contribution is 2.16. The predicted octanol–water partition coefficient (Wildman–Crippen LogP) is 5.17. The Morgan fingerprint density at radius 1 is 1.04 bits per heavy atom. The van der Waals surface area contributed by atoms with Crippen molar-refractivity contribution in [3.63, 3.8) is 0 Å². The molecule has 3 nitrogen and oxygen atoms in total. The molecule has 130 valence electrons. The zero-order valence-corrected chi connectivity index (χ0v) is 15.0. The van der Waals surface area contributed by atoms with Crippen molar-refractivity contribution in [2.75, 3.05) is 13.7 Å². The summed E-state index contributed by atoms with van der Waals surface area (Å²) in [5.41, 5.74) is 1.76. The predicted molar refractivity (Wildman–Crippen MR) is 94.9 cm³/mol. The van der Waals surface area contributed by atoms with Crippen LogP contribution in [0.4, 0.5) is 0 Å². The number of unbranched alkanes of at least 4 members (excludes halogenated alkanes) is 4. The molecule has 0 amide bonds. The highest BCUT2D eigenvalue weighted by Gasteiger charge is 2.18.